The van der Waals surface area contributed by atoms with Crippen molar-refractivity contribution in [1.82, 2.24) is 0 Å². The lowest BCUT2D eigenvalue weighted by molar-refractivity contribution is -0.139. The first kappa shape index (κ1) is 19.8. The van der Waals surface area contributed by atoms with Gasteiger partial charge in [-0.2, -0.15) is 13.2 Å². The molecule has 0 saturated carbocycles. The summed E-state index contributed by atoms with van der Waals surface area (Å²) in [5.41, 5.74) is -2.46. The average Bonchev–Trinajstić information content (AvgIpc) is 2.33. The Labute approximate surface area is 136 Å². The predicted octanol–water partition coefficient (Wildman–Crippen LogP) is 3.56. The van der Waals surface area contributed by atoms with Crippen LogP contribution >= 0.6 is 0 Å². The number of benzene rings is 1. The van der Waals surface area contributed by atoms with Gasteiger partial charge in [0.1, 0.15) is 5.60 Å². The second-order valence-electron chi connectivity index (χ2n) is 6.04. The standard InChI is InChI=1S/C15H18F3NO5/c1-14(2,3)24-13(23)19-10-6-8(15(16,17)18)4-5-9(10)11(20)7-12(21)22/h4-6,11,20H,7H2,1-3H3,(H,19,23)(H,21,22)/t11-/m1/s1. The summed E-state index contributed by atoms with van der Waals surface area (Å²) in [6, 6.07) is 2.23. The minimum absolute atomic E-state index is 0.156. The Morgan fingerprint density at radius 2 is 1.83 bits per heavy atom. The summed E-state index contributed by atoms with van der Waals surface area (Å²) >= 11 is 0. The highest BCUT2D eigenvalue weighted by atomic mass is 19.4. The van der Waals surface area contributed by atoms with E-state index < -0.39 is 41.9 Å². The third-order valence-electron chi connectivity index (χ3n) is 2.74. The number of aliphatic hydroxyl groups excluding tert-OH is 1. The third-order valence-corrected chi connectivity index (χ3v) is 2.74. The molecule has 0 radical (unpaired) electrons. The quantitative estimate of drug-likeness (QED) is 0.772. The molecule has 0 fully saturated rings. The Morgan fingerprint density at radius 1 is 1.25 bits per heavy atom. The van der Waals surface area contributed by atoms with Crippen LogP contribution in [0, 0.1) is 0 Å². The van der Waals surface area contributed by atoms with Gasteiger partial charge in [0.05, 0.1) is 23.8 Å². The van der Waals surface area contributed by atoms with Crippen molar-refractivity contribution in [2.45, 2.75) is 45.1 Å². The largest absolute Gasteiger partial charge is 0.481 e. The van der Waals surface area contributed by atoms with E-state index in [4.69, 9.17) is 9.84 Å². The zero-order valence-corrected chi connectivity index (χ0v) is 13.3. The topological polar surface area (TPSA) is 95.9 Å². The number of alkyl halides is 3. The van der Waals surface area contributed by atoms with Gasteiger partial charge >= 0.3 is 18.2 Å². The van der Waals surface area contributed by atoms with Crippen molar-refractivity contribution in [3.8, 4) is 0 Å². The van der Waals surface area contributed by atoms with Crippen molar-refractivity contribution >= 4 is 17.7 Å². The Morgan fingerprint density at radius 3 is 2.29 bits per heavy atom. The van der Waals surface area contributed by atoms with Gasteiger partial charge in [0, 0.05) is 5.56 Å². The zero-order valence-electron chi connectivity index (χ0n) is 13.3. The Hall–Kier alpha value is -2.29. The minimum atomic E-state index is -4.67. The molecule has 1 aromatic carbocycles. The van der Waals surface area contributed by atoms with E-state index in [-0.39, 0.29) is 11.3 Å². The van der Waals surface area contributed by atoms with E-state index in [0.29, 0.717) is 12.1 Å². The molecule has 1 aromatic rings. The number of carbonyl (C=O) groups excluding carboxylic acids is 1. The van der Waals surface area contributed by atoms with Crippen LogP contribution in [0.4, 0.5) is 23.7 Å². The molecular formula is C15H18F3NO5. The molecule has 134 valence electrons. The second kappa shape index (κ2) is 7.08. The van der Waals surface area contributed by atoms with Crippen LogP contribution in [0.3, 0.4) is 0 Å². The van der Waals surface area contributed by atoms with Crippen LogP contribution in [0.1, 0.15) is 44.4 Å². The number of rotatable bonds is 4. The molecule has 0 unspecified atom stereocenters. The van der Waals surface area contributed by atoms with Crippen LogP contribution in [-0.2, 0) is 15.7 Å². The minimum Gasteiger partial charge on any atom is -0.481 e. The molecule has 0 spiro atoms. The number of hydrogen-bond acceptors (Lipinski definition) is 4. The van der Waals surface area contributed by atoms with Gasteiger partial charge in [0.25, 0.3) is 0 Å². The van der Waals surface area contributed by atoms with E-state index in [9.17, 15) is 27.9 Å². The van der Waals surface area contributed by atoms with Crippen molar-refractivity contribution in [2.75, 3.05) is 5.32 Å². The van der Waals surface area contributed by atoms with Gasteiger partial charge in [-0.05, 0) is 32.9 Å². The molecule has 24 heavy (non-hydrogen) atoms. The molecule has 9 heteroatoms. The number of ether oxygens (including phenoxy) is 1. The van der Waals surface area contributed by atoms with Crippen LogP contribution in [0.5, 0.6) is 0 Å². The number of carboxylic acids is 1. The summed E-state index contributed by atoms with van der Waals surface area (Å²) in [4.78, 5) is 22.5. The number of amides is 1. The van der Waals surface area contributed by atoms with Crippen LogP contribution in [-0.4, -0.2) is 27.9 Å². The highest BCUT2D eigenvalue weighted by Crippen LogP contribution is 2.34. The summed E-state index contributed by atoms with van der Waals surface area (Å²) in [5.74, 6) is -1.34. The Bertz CT molecular complexity index is 623. The van der Waals surface area contributed by atoms with Crippen LogP contribution in [0.15, 0.2) is 18.2 Å². The van der Waals surface area contributed by atoms with E-state index in [1.165, 1.54) is 0 Å². The second-order valence-corrected chi connectivity index (χ2v) is 6.04. The molecule has 3 N–H and O–H groups in total. The number of aliphatic hydroxyl groups is 1. The molecule has 0 heterocycles. The average molecular weight is 349 g/mol. The zero-order chi connectivity index (χ0) is 18.7. The summed E-state index contributed by atoms with van der Waals surface area (Å²) in [5, 5.41) is 20.7. The van der Waals surface area contributed by atoms with Gasteiger partial charge in [-0.3, -0.25) is 10.1 Å². The van der Waals surface area contributed by atoms with E-state index in [1.54, 1.807) is 20.8 Å². The van der Waals surface area contributed by atoms with Crippen LogP contribution in [0.2, 0.25) is 0 Å². The van der Waals surface area contributed by atoms with Gasteiger partial charge in [0.2, 0.25) is 0 Å². The molecule has 0 saturated heterocycles. The van der Waals surface area contributed by atoms with E-state index in [0.717, 1.165) is 6.07 Å². The fraction of sp³-hybridized carbons (Fsp3) is 0.467. The number of nitrogens with one attached hydrogen (secondary N) is 1. The van der Waals surface area contributed by atoms with Gasteiger partial charge in [-0.15, -0.1) is 0 Å². The number of aliphatic carboxylic acids is 1. The van der Waals surface area contributed by atoms with Gasteiger partial charge < -0.3 is 14.9 Å². The molecule has 1 rings (SSSR count). The van der Waals surface area contributed by atoms with Crippen molar-refractivity contribution in [1.29, 1.82) is 0 Å². The van der Waals surface area contributed by atoms with E-state index in [1.807, 2.05) is 0 Å². The maximum atomic E-state index is 12.8. The lowest BCUT2D eigenvalue weighted by Gasteiger charge is -2.22. The SMILES string of the molecule is CC(C)(C)OC(=O)Nc1cc(C(F)(F)F)ccc1[C@H](O)CC(=O)O. The summed E-state index contributed by atoms with van der Waals surface area (Å²) in [6.45, 7) is 4.71. The summed E-state index contributed by atoms with van der Waals surface area (Å²) in [7, 11) is 0. The lowest BCUT2D eigenvalue weighted by atomic mass is 10.0. The van der Waals surface area contributed by atoms with Crippen molar-refractivity contribution < 1.29 is 37.7 Å². The fourth-order valence-electron chi connectivity index (χ4n) is 1.82. The van der Waals surface area contributed by atoms with E-state index in [2.05, 4.69) is 5.32 Å². The number of halogens is 3. The van der Waals surface area contributed by atoms with Gasteiger partial charge in [0.15, 0.2) is 0 Å². The van der Waals surface area contributed by atoms with Gasteiger partial charge in [-0.1, -0.05) is 6.07 Å². The first-order valence-corrected chi connectivity index (χ1v) is 6.90. The fourth-order valence-corrected chi connectivity index (χ4v) is 1.82. The Balaban J connectivity index is 3.19. The van der Waals surface area contributed by atoms with Crippen molar-refractivity contribution in [3.63, 3.8) is 0 Å². The van der Waals surface area contributed by atoms with Crippen LogP contribution < -0.4 is 5.32 Å². The molecule has 1 atom stereocenters. The highest BCUT2D eigenvalue weighted by molar-refractivity contribution is 5.86. The first-order chi connectivity index (χ1) is 10.8. The smallest absolute Gasteiger partial charge is 0.416 e. The molecule has 0 aliphatic carbocycles. The lowest BCUT2D eigenvalue weighted by Crippen LogP contribution is -2.28. The number of anilines is 1. The number of carbonyl (C=O) groups is 2. The van der Waals surface area contributed by atoms with Crippen molar-refractivity contribution in [3.05, 3.63) is 29.3 Å². The number of carboxylic acid groups (broad SMARTS) is 1. The molecular weight excluding hydrogens is 331 g/mol. The predicted molar refractivity (Wildman–Crippen MR) is 78.5 cm³/mol. The molecule has 0 aromatic heterocycles. The maximum absolute atomic E-state index is 12.8. The maximum Gasteiger partial charge on any atom is 0.416 e. The monoisotopic (exact) mass is 349 g/mol. The number of hydrogen-bond donors (Lipinski definition) is 3. The molecule has 6 nitrogen and oxygen atoms in total. The molecule has 0 bridgehead atoms. The first-order valence-electron chi connectivity index (χ1n) is 6.90. The van der Waals surface area contributed by atoms with Crippen LogP contribution in [0.25, 0.3) is 0 Å². The highest BCUT2D eigenvalue weighted by Gasteiger charge is 2.32. The normalized spacial score (nSPS) is 13.3. The molecule has 0 aliphatic heterocycles. The summed E-state index contributed by atoms with van der Waals surface area (Å²) in [6.07, 6.45) is -8.00. The van der Waals surface area contributed by atoms with E-state index >= 15 is 0 Å². The van der Waals surface area contributed by atoms with Gasteiger partial charge in [-0.25, -0.2) is 4.79 Å². The molecule has 1 amide bonds. The molecule has 0 aliphatic rings. The third kappa shape index (κ3) is 6.07. The van der Waals surface area contributed by atoms with Crippen molar-refractivity contribution in [2.24, 2.45) is 0 Å². The summed E-state index contributed by atoms with van der Waals surface area (Å²) < 4.78 is 43.4. The Kier molecular flexibility index (Phi) is 5.83.